The second kappa shape index (κ2) is 6.37. The summed E-state index contributed by atoms with van der Waals surface area (Å²) in [6, 6.07) is 7.29. The van der Waals surface area contributed by atoms with Gasteiger partial charge in [-0.3, -0.25) is 9.69 Å². The molecule has 0 saturated carbocycles. The summed E-state index contributed by atoms with van der Waals surface area (Å²) in [7, 11) is 0. The van der Waals surface area contributed by atoms with Gasteiger partial charge >= 0.3 is 0 Å². The maximum Gasteiger partial charge on any atom is 0.153 e. The molecule has 4 heteroatoms. The van der Waals surface area contributed by atoms with Crippen molar-refractivity contribution in [3.63, 3.8) is 0 Å². The van der Waals surface area contributed by atoms with Gasteiger partial charge < -0.3 is 9.47 Å². The average molecular weight is 235 g/mol. The number of benzene rings is 1. The molecule has 0 radical (unpaired) electrons. The van der Waals surface area contributed by atoms with Crippen molar-refractivity contribution >= 4 is 6.29 Å². The van der Waals surface area contributed by atoms with Crippen molar-refractivity contribution in [2.45, 2.75) is 0 Å². The standard InChI is InChI=1S/C13H17NO3/c15-11-12-3-1-2-4-13(12)17-10-7-14-5-8-16-9-6-14/h1-4,11H,5-10H2. The fourth-order valence-corrected chi connectivity index (χ4v) is 1.82. The highest BCUT2D eigenvalue weighted by Gasteiger charge is 2.10. The van der Waals surface area contributed by atoms with Gasteiger partial charge in [0, 0.05) is 19.6 Å². The molecule has 4 nitrogen and oxygen atoms in total. The number of nitrogens with zero attached hydrogens (tertiary/aromatic N) is 1. The smallest absolute Gasteiger partial charge is 0.153 e. The number of para-hydroxylation sites is 1. The lowest BCUT2D eigenvalue weighted by Crippen LogP contribution is -2.38. The van der Waals surface area contributed by atoms with E-state index in [0.717, 1.165) is 39.1 Å². The molecule has 1 aromatic rings. The van der Waals surface area contributed by atoms with E-state index in [0.29, 0.717) is 17.9 Å². The number of aldehydes is 1. The number of ether oxygens (including phenoxy) is 2. The summed E-state index contributed by atoms with van der Waals surface area (Å²) in [5.41, 5.74) is 0.606. The molecule has 0 unspecified atom stereocenters. The molecule has 0 aromatic heterocycles. The first-order valence-electron chi connectivity index (χ1n) is 5.87. The lowest BCUT2D eigenvalue weighted by Gasteiger charge is -2.26. The largest absolute Gasteiger partial charge is 0.492 e. The third-order valence-electron chi connectivity index (χ3n) is 2.81. The van der Waals surface area contributed by atoms with E-state index in [9.17, 15) is 4.79 Å². The van der Waals surface area contributed by atoms with Crippen molar-refractivity contribution in [2.24, 2.45) is 0 Å². The second-order valence-electron chi connectivity index (χ2n) is 3.96. The lowest BCUT2D eigenvalue weighted by molar-refractivity contribution is 0.0322. The first-order valence-corrected chi connectivity index (χ1v) is 5.87. The maximum absolute atomic E-state index is 10.8. The molecular formula is C13H17NO3. The SMILES string of the molecule is O=Cc1ccccc1OCCN1CCOCC1. The molecule has 0 aliphatic carbocycles. The van der Waals surface area contributed by atoms with Crippen molar-refractivity contribution < 1.29 is 14.3 Å². The van der Waals surface area contributed by atoms with Crippen molar-refractivity contribution in [1.82, 2.24) is 4.90 Å². The number of rotatable bonds is 5. The van der Waals surface area contributed by atoms with Gasteiger partial charge in [-0.1, -0.05) is 12.1 Å². The fourth-order valence-electron chi connectivity index (χ4n) is 1.82. The van der Waals surface area contributed by atoms with Crippen LogP contribution >= 0.6 is 0 Å². The molecule has 0 atom stereocenters. The zero-order chi connectivity index (χ0) is 11.9. The van der Waals surface area contributed by atoms with Gasteiger partial charge in [-0.15, -0.1) is 0 Å². The Morgan fingerprint density at radius 2 is 2.06 bits per heavy atom. The fraction of sp³-hybridized carbons (Fsp3) is 0.462. The van der Waals surface area contributed by atoms with Crippen LogP contribution in [0.2, 0.25) is 0 Å². The Bertz CT molecular complexity index is 361. The molecule has 0 N–H and O–H groups in total. The molecule has 0 bridgehead atoms. The highest BCUT2D eigenvalue weighted by Crippen LogP contribution is 2.15. The Kier molecular flexibility index (Phi) is 4.53. The molecule has 0 spiro atoms. The van der Waals surface area contributed by atoms with Gasteiger partial charge in [-0.2, -0.15) is 0 Å². The van der Waals surface area contributed by atoms with Gasteiger partial charge in [-0.05, 0) is 12.1 Å². The molecular weight excluding hydrogens is 218 g/mol. The van der Waals surface area contributed by atoms with Gasteiger partial charge in [0.1, 0.15) is 12.4 Å². The molecule has 17 heavy (non-hydrogen) atoms. The van der Waals surface area contributed by atoms with Gasteiger partial charge in [-0.25, -0.2) is 0 Å². The van der Waals surface area contributed by atoms with Crippen LogP contribution in [0.4, 0.5) is 0 Å². The maximum atomic E-state index is 10.8. The molecule has 1 saturated heterocycles. The normalized spacial score (nSPS) is 16.7. The minimum Gasteiger partial charge on any atom is -0.492 e. The van der Waals surface area contributed by atoms with Gasteiger partial charge in [0.2, 0.25) is 0 Å². The number of hydrogen-bond donors (Lipinski definition) is 0. The van der Waals surface area contributed by atoms with E-state index in [1.54, 1.807) is 6.07 Å². The number of carbonyl (C=O) groups is 1. The van der Waals surface area contributed by atoms with E-state index < -0.39 is 0 Å². The van der Waals surface area contributed by atoms with Crippen LogP contribution in [0.3, 0.4) is 0 Å². The zero-order valence-corrected chi connectivity index (χ0v) is 9.80. The molecule has 1 heterocycles. The summed E-state index contributed by atoms with van der Waals surface area (Å²) in [4.78, 5) is 13.1. The third-order valence-corrected chi connectivity index (χ3v) is 2.81. The quantitative estimate of drug-likeness (QED) is 0.719. The van der Waals surface area contributed by atoms with Crippen LogP contribution in [0.15, 0.2) is 24.3 Å². The molecule has 92 valence electrons. The molecule has 0 amide bonds. The van der Waals surface area contributed by atoms with Gasteiger partial charge in [0.25, 0.3) is 0 Å². The first-order chi connectivity index (χ1) is 8.40. The molecule has 1 aliphatic rings. The summed E-state index contributed by atoms with van der Waals surface area (Å²) in [6.07, 6.45) is 0.823. The summed E-state index contributed by atoms with van der Waals surface area (Å²) in [6.45, 7) is 4.98. The third kappa shape index (κ3) is 3.54. The van der Waals surface area contributed by atoms with Crippen LogP contribution in [-0.2, 0) is 4.74 Å². The van der Waals surface area contributed by atoms with Crippen LogP contribution < -0.4 is 4.74 Å². The van der Waals surface area contributed by atoms with Crippen molar-refractivity contribution in [1.29, 1.82) is 0 Å². The van der Waals surface area contributed by atoms with Crippen LogP contribution in [0.1, 0.15) is 10.4 Å². The summed E-state index contributed by atoms with van der Waals surface area (Å²) in [5, 5.41) is 0. The molecule has 1 aromatic carbocycles. The molecule has 1 fully saturated rings. The van der Waals surface area contributed by atoms with E-state index in [1.807, 2.05) is 18.2 Å². The lowest BCUT2D eigenvalue weighted by atomic mass is 10.2. The summed E-state index contributed by atoms with van der Waals surface area (Å²) in [5.74, 6) is 0.663. The Morgan fingerprint density at radius 3 is 2.82 bits per heavy atom. The minimum atomic E-state index is 0.602. The Labute approximate surface area is 101 Å². The monoisotopic (exact) mass is 235 g/mol. The second-order valence-corrected chi connectivity index (χ2v) is 3.96. The Hall–Kier alpha value is -1.39. The Morgan fingerprint density at radius 1 is 1.29 bits per heavy atom. The summed E-state index contributed by atoms with van der Waals surface area (Å²) < 4.78 is 10.9. The average Bonchev–Trinajstić information content (AvgIpc) is 2.40. The Balaban J connectivity index is 1.79. The van der Waals surface area contributed by atoms with Crippen LogP contribution in [0, 0.1) is 0 Å². The van der Waals surface area contributed by atoms with Crippen molar-refractivity contribution in [2.75, 3.05) is 39.5 Å². The zero-order valence-electron chi connectivity index (χ0n) is 9.80. The topological polar surface area (TPSA) is 38.8 Å². The highest BCUT2D eigenvalue weighted by atomic mass is 16.5. The number of morpholine rings is 1. The van der Waals surface area contributed by atoms with Crippen molar-refractivity contribution in [3.05, 3.63) is 29.8 Å². The van der Waals surface area contributed by atoms with Crippen LogP contribution in [-0.4, -0.2) is 50.6 Å². The number of hydrogen-bond acceptors (Lipinski definition) is 4. The van der Waals surface area contributed by atoms with E-state index in [1.165, 1.54) is 0 Å². The summed E-state index contributed by atoms with van der Waals surface area (Å²) >= 11 is 0. The van der Waals surface area contributed by atoms with E-state index in [2.05, 4.69) is 4.90 Å². The predicted molar refractivity (Wildman–Crippen MR) is 64.6 cm³/mol. The minimum absolute atomic E-state index is 0.602. The van der Waals surface area contributed by atoms with E-state index in [-0.39, 0.29) is 0 Å². The first kappa shape index (κ1) is 12.1. The van der Waals surface area contributed by atoms with Crippen LogP contribution in [0.5, 0.6) is 5.75 Å². The highest BCUT2D eigenvalue weighted by molar-refractivity contribution is 5.79. The van der Waals surface area contributed by atoms with Gasteiger partial charge in [0.05, 0.1) is 18.8 Å². The van der Waals surface area contributed by atoms with E-state index in [4.69, 9.17) is 9.47 Å². The van der Waals surface area contributed by atoms with Crippen molar-refractivity contribution in [3.8, 4) is 5.75 Å². The van der Waals surface area contributed by atoms with E-state index >= 15 is 0 Å². The number of carbonyl (C=O) groups excluding carboxylic acids is 1. The predicted octanol–water partition coefficient (Wildman–Crippen LogP) is 1.21. The molecule has 2 rings (SSSR count). The molecule has 1 aliphatic heterocycles. The van der Waals surface area contributed by atoms with Gasteiger partial charge in [0.15, 0.2) is 6.29 Å². The van der Waals surface area contributed by atoms with Crippen LogP contribution in [0.25, 0.3) is 0 Å².